The fourth-order valence-electron chi connectivity index (χ4n) is 3.79. The molecule has 1 atom stereocenters. The molecule has 0 amide bonds. The van der Waals surface area contributed by atoms with E-state index in [2.05, 4.69) is 18.2 Å². The van der Waals surface area contributed by atoms with Gasteiger partial charge in [0.2, 0.25) is 0 Å². The Labute approximate surface area is 127 Å². The fourth-order valence-corrected chi connectivity index (χ4v) is 3.79. The van der Waals surface area contributed by atoms with Crippen molar-refractivity contribution in [3.63, 3.8) is 0 Å². The predicted octanol–water partition coefficient (Wildman–Crippen LogP) is 3.26. The maximum Gasteiger partial charge on any atom is 0.122 e. The van der Waals surface area contributed by atoms with Gasteiger partial charge in [-0.05, 0) is 42.9 Å². The fraction of sp³-hybridized carbons (Fsp3) is 0.667. The average Bonchev–Trinajstić information content (AvgIpc) is 3.00. The van der Waals surface area contributed by atoms with Gasteiger partial charge >= 0.3 is 0 Å². The molecular formula is C18H26O3. The summed E-state index contributed by atoms with van der Waals surface area (Å²) in [4.78, 5) is 0. The molecule has 116 valence electrons. The highest BCUT2D eigenvalue weighted by molar-refractivity contribution is 5.39. The molecule has 3 nitrogen and oxygen atoms in total. The van der Waals surface area contributed by atoms with Crippen LogP contribution in [0.25, 0.3) is 0 Å². The van der Waals surface area contributed by atoms with Crippen molar-refractivity contribution in [2.75, 3.05) is 13.7 Å². The van der Waals surface area contributed by atoms with Crippen LogP contribution in [0, 0.1) is 0 Å². The normalized spacial score (nSPS) is 21.6. The lowest BCUT2D eigenvalue weighted by atomic mass is 9.78. The second kappa shape index (κ2) is 6.37. The molecule has 2 aliphatic rings. The lowest BCUT2D eigenvalue weighted by molar-refractivity contribution is -0.124. The minimum Gasteiger partial charge on any atom is -0.493 e. The zero-order valence-electron chi connectivity index (χ0n) is 12.9. The smallest absolute Gasteiger partial charge is 0.122 e. The molecular weight excluding hydrogens is 264 g/mol. The molecule has 1 aliphatic heterocycles. The van der Waals surface area contributed by atoms with E-state index in [4.69, 9.17) is 9.47 Å². The number of aliphatic hydroxyl groups is 1. The number of aliphatic hydroxyl groups excluding tert-OH is 1. The van der Waals surface area contributed by atoms with Gasteiger partial charge in [0.1, 0.15) is 5.75 Å². The van der Waals surface area contributed by atoms with Crippen molar-refractivity contribution in [3.05, 3.63) is 29.3 Å². The number of fused-ring (bicyclic) bond motifs is 1. The first-order valence-electron chi connectivity index (χ1n) is 8.21. The molecule has 3 rings (SSSR count). The summed E-state index contributed by atoms with van der Waals surface area (Å²) < 4.78 is 11.3. The number of benzene rings is 1. The summed E-state index contributed by atoms with van der Waals surface area (Å²) in [5, 5.41) is 10.6. The molecule has 0 spiro atoms. The van der Waals surface area contributed by atoms with Crippen LogP contribution in [-0.2, 0) is 17.6 Å². The maximum atomic E-state index is 10.6. The van der Waals surface area contributed by atoms with Crippen molar-refractivity contribution in [3.8, 4) is 5.75 Å². The van der Waals surface area contributed by atoms with Crippen LogP contribution in [0.4, 0.5) is 0 Å². The second-order valence-electron chi connectivity index (χ2n) is 6.42. The highest BCUT2D eigenvalue weighted by Crippen LogP contribution is 2.36. The number of hydrogen-bond acceptors (Lipinski definition) is 3. The molecule has 0 aromatic heterocycles. The first-order chi connectivity index (χ1) is 10.2. The third kappa shape index (κ3) is 3.09. The molecule has 21 heavy (non-hydrogen) atoms. The van der Waals surface area contributed by atoms with Gasteiger partial charge < -0.3 is 14.6 Å². The van der Waals surface area contributed by atoms with E-state index in [1.54, 1.807) is 7.11 Å². The van der Waals surface area contributed by atoms with Crippen LogP contribution < -0.4 is 4.74 Å². The SMILES string of the molecule is COC1(C(O)CCc2ccc3c(c2)CCO3)CCCCC1. The summed E-state index contributed by atoms with van der Waals surface area (Å²) in [7, 11) is 1.75. The molecule has 1 saturated carbocycles. The quantitative estimate of drug-likeness (QED) is 0.904. The monoisotopic (exact) mass is 290 g/mol. The van der Waals surface area contributed by atoms with E-state index in [0.29, 0.717) is 0 Å². The lowest BCUT2D eigenvalue weighted by Crippen LogP contribution is -2.46. The Morgan fingerprint density at radius 1 is 1.29 bits per heavy atom. The third-order valence-electron chi connectivity index (χ3n) is 5.17. The summed E-state index contributed by atoms with van der Waals surface area (Å²) in [6.45, 7) is 0.800. The maximum absolute atomic E-state index is 10.6. The van der Waals surface area contributed by atoms with Crippen LogP contribution in [0.5, 0.6) is 5.75 Å². The van der Waals surface area contributed by atoms with Crippen molar-refractivity contribution in [1.29, 1.82) is 0 Å². The molecule has 1 fully saturated rings. The van der Waals surface area contributed by atoms with Crippen LogP contribution >= 0.6 is 0 Å². The van der Waals surface area contributed by atoms with Crippen LogP contribution in [0.2, 0.25) is 0 Å². The lowest BCUT2D eigenvalue weighted by Gasteiger charge is -2.40. The zero-order valence-corrected chi connectivity index (χ0v) is 12.9. The summed E-state index contributed by atoms with van der Waals surface area (Å²) >= 11 is 0. The topological polar surface area (TPSA) is 38.7 Å². The average molecular weight is 290 g/mol. The van der Waals surface area contributed by atoms with Gasteiger partial charge in [-0.1, -0.05) is 31.4 Å². The van der Waals surface area contributed by atoms with E-state index in [1.165, 1.54) is 30.4 Å². The number of ether oxygens (including phenoxy) is 2. The van der Waals surface area contributed by atoms with Crippen molar-refractivity contribution in [1.82, 2.24) is 0 Å². The van der Waals surface area contributed by atoms with Gasteiger partial charge in [-0.2, -0.15) is 0 Å². The van der Waals surface area contributed by atoms with Crippen molar-refractivity contribution in [2.24, 2.45) is 0 Å². The highest BCUT2D eigenvalue weighted by atomic mass is 16.5. The molecule has 1 heterocycles. The minimum absolute atomic E-state index is 0.307. The molecule has 1 N–H and O–H groups in total. The summed E-state index contributed by atoms with van der Waals surface area (Å²) in [6.07, 6.45) is 7.89. The van der Waals surface area contributed by atoms with E-state index in [1.807, 2.05) is 0 Å². The Morgan fingerprint density at radius 3 is 2.86 bits per heavy atom. The summed E-state index contributed by atoms with van der Waals surface area (Å²) in [5.41, 5.74) is 2.29. The molecule has 1 unspecified atom stereocenters. The third-order valence-corrected chi connectivity index (χ3v) is 5.17. The van der Waals surface area contributed by atoms with Gasteiger partial charge in [0.15, 0.2) is 0 Å². The van der Waals surface area contributed by atoms with Gasteiger partial charge in [0, 0.05) is 13.5 Å². The van der Waals surface area contributed by atoms with Crippen molar-refractivity contribution < 1.29 is 14.6 Å². The Balaban J connectivity index is 1.61. The predicted molar refractivity (Wildman–Crippen MR) is 82.8 cm³/mol. The molecule has 0 bridgehead atoms. The molecule has 1 aliphatic carbocycles. The Hall–Kier alpha value is -1.06. The van der Waals surface area contributed by atoms with E-state index >= 15 is 0 Å². The standard InChI is InChI=1S/C18H26O3/c1-20-18(10-3-2-4-11-18)17(19)8-6-14-5-7-16-15(13-14)9-12-21-16/h5,7,13,17,19H,2-4,6,8-12H2,1H3. The first kappa shape index (κ1) is 14.9. The Morgan fingerprint density at radius 2 is 2.10 bits per heavy atom. The van der Waals surface area contributed by atoms with Gasteiger partial charge in [0.25, 0.3) is 0 Å². The first-order valence-corrected chi connectivity index (χ1v) is 8.21. The Bertz CT molecular complexity index is 477. The Kier molecular flexibility index (Phi) is 4.51. The number of aryl methyl sites for hydroxylation is 1. The number of hydrogen-bond donors (Lipinski definition) is 1. The molecule has 1 aromatic carbocycles. The number of methoxy groups -OCH3 is 1. The van der Waals surface area contributed by atoms with Crippen molar-refractivity contribution >= 4 is 0 Å². The molecule has 3 heteroatoms. The largest absolute Gasteiger partial charge is 0.493 e. The van der Waals surface area contributed by atoms with Crippen LogP contribution in [0.3, 0.4) is 0 Å². The van der Waals surface area contributed by atoms with Crippen LogP contribution in [0.15, 0.2) is 18.2 Å². The van der Waals surface area contributed by atoms with E-state index in [-0.39, 0.29) is 11.7 Å². The van der Waals surface area contributed by atoms with Crippen molar-refractivity contribution in [2.45, 2.75) is 63.1 Å². The highest BCUT2D eigenvalue weighted by Gasteiger charge is 2.38. The summed E-state index contributed by atoms with van der Waals surface area (Å²) in [5.74, 6) is 1.03. The van der Waals surface area contributed by atoms with Gasteiger partial charge in [-0.3, -0.25) is 0 Å². The second-order valence-corrected chi connectivity index (χ2v) is 6.42. The number of rotatable bonds is 5. The zero-order chi connectivity index (χ0) is 14.7. The van der Waals surface area contributed by atoms with Gasteiger partial charge in [-0.25, -0.2) is 0 Å². The van der Waals surface area contributed by atoms with Crippen LogP contribution in [-0.4, -0.2) is 30.5 Å². The van der Waals surface area contributed by atoms with E-state index in [9.17, 15) is 5.11 Å². The van der Waals surface area contributed by atoms with Gasteiger partial charge in [0.05, 0.1) is 18.3 Å². The van der Waals surface area contributed by atoms with E-state index in [0.717, 1.165) is 44.5 Å². The molecule has 0 saturated heterocycles. The van der Waals surface area contributed by atoms with Crippen LogP contribution in [0.1, 0.15) is 49.7 Å². The van der Waals surface area contributed by atoms with Gasteiger partial charge in [-0.15, -0.1) is 0 Å². The molecule has 1 aromatic rings. The summed E-state index contributed by atoms with van der Waals surface area (Å²) in [6, 6.07) is 6.42. The molecule has 0 radical (unpaired) electrons. The van der Waals surface area contributed by atoms with E-state index < -0.39 is 0 Å². The minimum atomic E-state index is -0.368.